The zero-order valence-corrected chi connectivity index (χ0v) is 11.3. The van der Waals surface area contributed by atoms with Crippen LogP contribution in [0.5, 0.6) is 0 Å². The summed E-state index contributed by atoms with van der Waals surface area (Å²) in [6.07, 6.45) is 0. The number of carbonyl (C=O) groups excluding carboxylic acids is 1. The Kier molecular flexibility index (Phi) is 5.00. The van der Waals surface area contributed by atoms with Gasteiger partial charge >= 0.3 is 0 Å². The van der Waals surface area contributed by atoms with Crippen molar-refractivity contribution in [2.24, 2.45) is 11.7 Å². The molecular formula is C13H19N3O3. The molecule has 6 heteroatoms. The van der Waals surface area contributed by atoms with Crippen LogP contribution in [-0.4, -0.2) is 23.4 Å². The van der Waals surface area contributed by atoms with Crippen LogP contribution in [0.3, 0.4) is 0 Å². The lowest BCUT2D eigenvalue weighted by atomic mass is 10.0. The van der Waals surface area contributed by atoms with Crippen molar-refractivity contribution in [2.45, 2.75) is 26.8 Å². The van der Waals surface area contributed by atoms with Crippen LogP contribution >= 0.6 is 0 Å². The summed E-state index contributed by atoms with van der Waals surface area (Å²) in [5.41, 5.74) is 6.46. The van der Waals surface area contributed by atoms with E-state index in [1.165, 1.54) is 12.1 Å². The fourth-order valence-electron chi connectivity index (χ4n) is 1.61. The first-order valence-electron chi connectivity index (χ1n) is 6.12. The van der Waals surface area contributed by atoms with Gasteiger partial charge in [0.1, 0.15) is 0 Å². The van der Waals surface area contributed by atoms with Gasteiger partial charge in [-0.3, -0.25) is 14.9 Å². The molecule has 0 saturated carbocycles. The van der Waals surface area contributed by atoms with Gasteiger partial charge in [-0.05, 0) is 18.9 Å². The molecule has 0 heterocycles. The maximum atomic E-state index is 12.0. The number of nitro groups is 1. The molecule has 3 N–H and O–H groups in total. The molecule has 0 saturated heterocycles. The standard InChI is InChI=1S/C13H19N3O3/c1-8(2)11(14)7-15-13(17)10-5-4-6-12(9(10)3)16(18)19/h4-6,8,11H,7,14H2,1-3H3,(H,15,17). The van der Waals surface area contributed by atoms with E-state index in [0.29, 0.717) is 17.7 Å². The number of benzene rings is 1. The molecule has 0 spiro atoms. The number of hydrogen-bond acceptors (Lipinski definition) is 4. The number of carbonyl (C=O) groups is 1. The zero-order chi connectivity index (χ0) is 14.6. The summed E-state index contributed by atoms with van der Waals surface area (Å²) in [6, 6.07) is 4.32. The molecule has 6 nitrogen and oxygen atoms in total. The maximum Gasteiger partial charge on any atom is 0.273 e. The van der Waals surface area contributed by atoms with Crippen LogP contribution in [0.2, 0.25) is 0 Å². The summed E-state index contributed by atoms with van der Waals surface area (Å²) in [6.45, 7) is 5.85. The van der Waals surface area contributed by atoms with Crippen molar-refractivity contribution < 1.29 is 9.72 Å². The first-order chi connectivity index (χ1) is 8.84. The van der Waals surface area contributed by atoms with Gasteiger partial charge in [-0.1, -0.05) is 19.9 Å². The average molecular weight is 265 g/mol. The van der Waals surface area contributed by atoms with Crippen molar-refractivity contribution in [3.8, 4) is 0 Å². The van der Waals surface area contributed by atoms with Crippen molar-refractivity contribution in [3.05, 3.63) is 39.4 Å². The number of nitrogens with one attached hydrogen (secondary N) is 1. The highest BCUT2D eigenvalue weighted by molar-refractivity contribution is 5.96. The quantitative estimate of drug-likeness (QED) is 0.624. The molecular weight excluding hydrogens is 246 g/mol. The van der Waals surface area contributed by atoms with Crippen LogP contribution < -0.4 is 11.1 Å². The molecule has 0 aliphatic rings. The van der Waals surface area contributed by atoms with Crippen molar-refractivity contribution in [2.75, 3.05) is 6.54 Å². The predicted octanol–water partition coefficient (Wildman–Crippen LogP) is 1.62. The average Bonchev–Trinajstić information content (AvgIpc) is 2.35. The second-order valence-corrected chi connectivity index (χ2v) is 4.82. The molecule has 1 rings (SSSR count). The van der Waals surface area contributed by atoms with Crippen LogP contribution in [0.25, 0.3) is 0 Å². The number of hydrogen-bond donors (Lipinski definition) is 2. The van der Waals surface area contributed by atoms with Crippen molar-refractivity contribution in [1.82, 2.24) is 5.32 Å². The Bertz CT molecular complexity index is 486. The Morgan fingerprint density at radius 2 is 2.11 bits per heavy atom. The topological polar surface area (TPSA) is 98.3 Å². The number of nitrogens with two attached hydrogens (primary N) is 1. The first-order valence-corrected chi connectivity index (χ1v) is 6.12. The molecule has 104 valence electrons. The van der Waals surface area contributed by atoms with Crippen LogP contribution in [0.4, 0.5) is 5.69 Å². The van der Waals surface area contributed by atoms with Gasteiger partial charge in [-0.2, -0.15) is 0 Å². The first kappa shape index (κ1) is 15.1. The molecule has 0 radical (unpaired) electrons. The number of nitro benzene ring substituents is 1. The monoisotopic (exact) mass is 265 g/mol. The van der Waals surface area contributed by atoms with Gasteiger partial charge in [0.15, 0.2) is 0 Å². The highest BCUT2D eigenvalue weighted by atomic mass is 16.6. The smallest absolute Gasteiger partial charge is 0.273 e. The molecule has 1 atom stereocenters. The molecule has 1 aromatic rings. The highest BCUT2D eigenvalue weighted by Gasteiger charge is 2.18. The molecule has 0 aliphatic carbocycles. The van der Waals surface area contributed by atoms with Gasteiger partial charge in [0.05, 0.1) is 4.92 Å². The van der Waals surface area contributed by atoms with Crippen LogP contribution in [0.1, 0.15) is 29.8 Å². The molecule has 0 bridgehead atoms. The Morgan fingerprint density at radius 3 is 2.63 bits per heavy atom. The lowest BCUT2D eigenvalue weighted by Crippen LogP contribution is -2.40. The SMILES string of the molecule is Cc1c(C(=O)NCC(N)C(C)C)cccc1[N+](=O)[O-]. The summed E-state index contributed by atoms with van der Waals surface area (Å²) >= 11 is 0. The van der Waals surface area contributed by atoms with Crippen LogP contribution in [0, 0.1) is 23.0 Å². The fraction of sp³-hybridized carbons (Fsp3) is 0.462. The van der Waals surface area contributed by atoms with E-state index in [9.17, 15) is 14.9 Å². The van der Waals surface area contributed by atoms with Crippen molar-refractivity contribution in [1.29, 1.82) is 0 Å². The van der Waals surface area contributed by atoms with Gasteiger partial charge in [0, 0.05) is 29.8 Å². The largest absolute Gasteiger partial charge is 0.350 e. The van der Waals surface area contributed by atoms with Crippen LogP contribution in [-0.2, 0) is 0 Å². The fourth-order valence-corrected chi connectivity index (χ4v) is 1.61. The van der Waals surface area contributed by atoms with Gasteiger partial charge in [-0.25, -0.2) is 0 Å². The lowest BCUT2D eigenvalue weighted by molar-refractivity contribution is -0.385. The van der Waals surface area contributed by atoms with E-state index in [0.717, 1.165) is 0 Å². The highest BCUT2D eigenvalue weighted by Crippen LogP contribution is 2.20. The second-order valence-electron chi connectivity index (χ2n) is 4.82. The van der Waals surface area contributed by atoms with Gasteiger partial charge in [0.2, 0.25) is 0 Å². The van der Waals surface area contributed by atoms with Crippen LogP contribution in [0.15, 0.2) is 18.2 Å². The zero-order valence-electron chi connectivity index (χ0n) is 11.3. The minimum atomic E-state index is -0.494. The van der Waals surface area contributed by atoms with E-state index < -0.39 is 4.92 Å². The molecule has 0 fully saturated rings. The van der Waals surface area contributed by atoms with Gasteiger partial charge in [-0.15, -0.1) is 0 Å². The maximum absolute atomic E-state index is 12.0. The van der Waals surface area contributed by atoms with Gasteiger partial charge in [0.25, 0.3) is 11.6 Å². The Morgan fingerprint density at radius 1 is 1.47 bits per heavy atom. The molecule has 1 unspecified atom stereocenters. The van der Waals surface area contributed by atoms with E-state index in [-0.39, 0.29) is 23.6 Å². The minimum Gasteiger partial charge on any atom is -0.350 e. The minimum absolute atomic E-state index is 0.0548. The normalized spacial score (nSPS) is 12.3. The summed E-state index contributed by atoms with van der Waals surface area (Å²) in [7, 11) is 0. The number of amides is 1. The van der Waals surface area contributed by atoms with Gasteiger partial charge < -0.3 is 11.1 Å². The van der Waals surface area contributed by atoms with Crippen molar-refractivity contribution in [3.63, 3.8) is 0 Å². The Balaban J connectivity index is 2.83. The summed E-state index contributed by atoms with van der Waals surface area (Å²) in [5, 5.41) is 13.5. The third-order valence-electron chi connectivity index (χ3n) is 3.10. The van der Waals surface area contributed by atoms with E-state index >= 15 is 0 Å². The third kappa shape index (κ3) is 3.75. The summed E-state index contributed by atoms with van der Waals surface area (Å²) in [5.74, 6) is -0.0798. The third-order valence-corrected chi connectivity index (χ3v) is 3.10. The van der Waals surface area contributed by atoms with Crippen molar-refractivity contribution >= 4 is 11.6 Å². The summed E-state index contributed by atoms with van der Waals surface area (Å²) < 4.78 is 0. The van der Waals surface area contributed by atoms with E-state index in [4.69, 9.17) is 5.73 Å². The Hall–Kier alpha value is -1.95. The number of rotatable bonds is 5. The van der Waals surface area contributed by atoms with E-state index in [1.807, 2.05) is 13.8 Å². The predicted molar refractivity (Wildman–Crippen MR) is 73.0 cm³/mol. The molecule has 1 amide bonds. The molecule has 1 aromatic carbocycles. The molecule has 0 aromatic heterocycles. The second kappa shape index (κ2) is 6.29. The molecule has 19 heavy (non-hydrogen) atoms. The lowest BCUT2D eigenvalue weighted by Gasteiger charge is -2.16. The molecule has 0 aliphatic heterocycles. The Labute approximate surface area is 112 Å². The summed E-state index contributed by atoms with van der Waals surface area (Å²) in [4.78, 5) is 22.3. The van der Waals surface area contributed by atoms with E-state index in [2.05, 4.69) is 5.32 Å². The number of nitrogens with zero attached hydrogens (tertiary/aromatic N) is 1. The van der Waals surface area contributed by atoms with E-state index in [1.54, 1.807) is 13.0 Å².